The summed E-state index contributed by atoms with van der Waals surface area (Å²) in [5, 5.41) is 14.7. The summed E-state index contributed by atoms with van der Waals surface area (Å²) in [6, 6.07) is 11.7. The molecule has 0 saturated heterocycles. The van der Waals surface area contributed by atoms with Crippen LogP contribution >= 0.6 is 11.6 Å². The van der Waals surface area contributed by atoms with E-state index in [-0.39, 0.29) is 28.6 Å². The van der Waals surface area contributed by atoms with Crippen molar-refractivity contribution in [2.75, 3.05) is 14.2 Å². The summed E-state index contributed by atoms with van der Waals surface area (Å²) in [6.45, 7) is 0.0457. The van der Waals surface area contributed by atoms with Crippen LogP contribution in [0, 0.1) is 10.1 Å². The molecular weight excluding hydrogens is 470 g/mol. The van der Waals surface area contributed by atoms with Gasteiger partial charge in [0.15, 0.2) is 11.5 Å². The van der Waals surface area contributed by atoms with Gasteiger partial charge in [-0.2, -0.15) is 5.10 Å². The first kappa shape index (κ1) is 24.3. The Labute approximate surface area is 198 Å². The first-order valence-corrected chi connectivity index (χ1v) is 9.95. The van der Waals surface area contributed by atoms with Crippen LogP contribution in [0.1, 0.15) is 32.2 Å². The van der Waals surface area contributed by atoms with Crippen LogP contribution in [0.2, 0.25) is 5.02 Å². The molecule has 176 valence electrons. The Hall–Kier alpha value is -4.38. The van der Waals surface area contributed by atoms with E-state index in [1.54, 1.807) is 24.3 Å². The van der Waals surface area contributed by atoms with Gasteiger partial charge in [-0.25, -0.2) is 10.2 Å². The number of nitrogens with one attached hydrogen (secondary N) is 1. The molecular formula is C22H18ClN3O8. The van der Waals surface area contributed by atoms with Gasteiger partial charge in [0.2, 0.25) is 5.76 Å². The molecule has 0 radical (unpaired) electrons. The van der Waals surface area contributed by atoms with E-state index >= 15 is 0 Å². The fourth-order valence-corrected chi connectivity index (χ4v) is 2.91. The number of hydrogen-bond acceptors (Lipinski definition) is 9. The molecule has 34 heavy (non-hydrogen) atoms. The first-order chi connectivity index (χ1) is 16.3. The van der Waals surface area contributed by atoms with E-state index in [0.29, 0.717) is 22.8 Å². The van der Waals surface area contributed by atoms with Crippen molar-refractivity contribution < 1.29 is 33.1 Å². The van der Waals surface area contributed by atoms with E-state index in [0.717, 1.165) is 6.07 Å². The highest BCUT2D eigenvalue weighted by molar-refractivity contribution is 6.32. The zero-order valence-corrected chi connectivity index (χ0v) is 18.7. The van der Waals surface area contributed by atoms with Crippen LogP contribution in [0.3, 0.4) is 0 Å². The van der Waals surface area contributed by atoms with E-state index in [9.17, 15) is 19.7 Å². The van der Waals surface area contributed by atoms with E-state index in [1.165, 1.54) is 38.6 Å². The van der Waals surface area contributed by atoms with Crippen LogP contribution in [0.4, 0.5) is 5.69 Å². The highest BCUT2D eigenvalue weighted by Gasteiger charge is 2.16. The van der Waals surface area contributed by atoms with Gasteiger partial charge in [0.05, 0.1) is 25.4 Å². The monoisotopic (exact) mass is 487 g/mol. The summed E-state index contributed by atoms with van der Waals surface area (Å²) in [5.41, 5.74) is 2.52. The number of methoxy groups -OCH3 is 2. The molecule has 0 aliphatic rings. The maximum absolute atomic E-state index is 12.2. The Balaban J connectivity index is 1.63. The highest BCUT2D eigenvalue weighted by Crippen LogP contribution is 2.29. The van der Waals surface area contributed by atoms with Crippen LogP contribution in [0.15, 0.2) is 58.0 Å². The fraction of sp³-hybridized carbons (Fsp3) is 0.136. The standard InChI is InChI=1S/C22H18ClN3O8/c1-31-20-9-13(3-7-18(20)33-12-15-5-8-19(34-15)22(28)32-2)11-24-25-21(27)14-4-6-16(23)17(10-14)26(29)30/h3-11H,12H2,1-2H3,(H,25,27)/b24-11-. The number of rotatable bonds is 9. The number of benzene rings is 2. The molecule has 0 unspecified atom stereocenters. The predicted molar refractivity (Wildman–Crippen MR) is 121 cm³/mol. The molecule has 1 aromatic heterocycles. The van der Waals surface area contributed by atoms with Crippen molar-refractivity contribution in [1.82, 2.24) is 5.43 Å². The number of halogens is 1. The average Bonchev–Trinajstić information content (AvgIpc) is 3.31. The number of carbonyl (C=O) groups excluding carboxylic acids is 2. The topological polar surface area (TPSA) is 142 Å². The van der Waals surface area contributed by atoms with Crippen LogP contribution < -0.4 is 14.9 Å². The number of ether oxygens (including phenoxy) is 3. The molecule has 0 atom stereocenters. The molecule has 3 rings (SSSR count). The van der Waals surface area contributed by atoms with Gasteiger partial charge in [-0.15, -0.1) is 0 Å². The SMILES string of the molecule is COC(=O)c1ccc(COc2ccc(/C=N\NC(=O)c3ccc(Cl)c([N+](=O)[O-])c3)cc2OC)o1. The number of hydrazone groups is 1. The van der Waals surface area contributed by atoms with Crippen molar-refractivity contribution in [2.24, 2.45) is 5.10 Å². The molecule has 2 aromatic carbocycles. The third-order valence-corrected chi connectivity index (χ3v) is 4.71. The Morgan fingerprint density at radius 3 is 2.65 bits per heavy atom. The fourth-order valence-electron chi connectivity index (χ4n) is 2.72. The second-order valence-electron chi connectivity index (χ2n) is 6.58. The Morgan fingerprint density at radius 1 is 1.15 bits per heavy atom. The average molecular weight is 488 g/mol. The molecule has 0 fully saturated rings. The van der Waals surface area contributed by atoms with Crippen LogP contribution in [0.5, 0.6) is 11.5 Å². The molecule has 12 heteroatoms. The summed E-state index contributed by atoms with van der Waals surface area (Å²) >= 11 is 5.75. The normalized spacial score (nSPS) is 10.7. The second kappa shape index (κ2) is 11.0. The van der Waals surface area contributed by atoms with Crippen molar-refractivity contribution in [3.05, 3.63) is 86.3 Å². The minimum atomic E-state index is -0.678. The number of furan rings is 1. The lowest BCUT2D eigenvalue weighted by Gasteiger charge is -2.10. The molecule has 1 N–H and O–H groups in total. The Morgan fingerprint density at radius 2 is 1.94 bits per heavy atom. The molecule has 0 aliphatic carbocycles. The van der Waals surface area contributed by atoms with E-state index < -0.39 is 16.8 Å². The minimum Gasteiger partial charge on any atom is -0.493 e. The zero-order chi connectivity index (χ0) is 24.7. The Kier molecular flexibility index (Phi) is 7.83. The van der Waals surface area contributed by atoms with Gasteiger partial charge in [-0.3, -0.25) is 14.9 Å². The number of nitro benzene ring substituents is 1. The smallest absolute Gasteiger partial charge is 0.373 e. The van der Waals surface area contributed by atoms with Crippen LogP contribution in [-0.4, -0.2) is 37.2 Å². The molecule has 3 aromatic rings. The number of esters is 1. The van der Waals surface area contributed by atoms with Crippen molar-refractivity contribution in [1.29, 1.82) is 0 Å². The van der Waals surface area contributed by atoms with Gasteiger partial charge < -0.3 is 18.6 Å². The quantitative estimate of drug-likeness (QED) is 0.206. The van der Waals surface area contributed by atoms with E-state index in [1.807, 2.05) is 0 Å². The van der Waals surface area contributed by atoms with Crippen molar-refractivity contribution in [3.63, 3.8) is 0 Å². The third kappa shape index (κ3) is 5.90. The van der Waals surface area contributed by atoms with Crippen LogP contribution in [0.25, 0.3) is 0 Å². The second-order valence-corrected chi connectivity index (χ2v) is 6.99. The molecule has 1 heterocycles. The number of nitrogens with zero attached hydrogens (tertiary/aromatic N) is 2. The number of carbonyl (C=O) groups is 2. The number of amides is 1. The minimum absolute atomic E-state index is 0.0304. The molecule has 1 amide bonds. The first-order valence-electron chi connectivity index (χ1n) is 9.57. The largest absolute Gasteiger partial charge is 0.493 e. The van der Waals surface area contributed by atoms with Crippen molar-refractivity contribution in [3.8, 4) is 11.5 Å². The van der Waals surface area contributed by atoms with Gasteiger partial charge in [-0.05, 0) is 48.0 Å². The molecule has 0 spiro atoms. The van der Waals surface area contributed by atoms with E-state index in [2.05, 4.69) is 15.3 Å². The summed E-state index contributed by atoms with van der Waals surface area (Å²) in [5.74, 6) is 0.0474. The van der Waals surface area contributed by atoms with Gasteiger partial charge in [0, 0.05) is 11.6 Å². The molecule has 0 saturated carbocycles. The van der Waals surface area contributed by atoms with Gasteiger partial charge in [0.1, 0.15) is 17.4 Å². The van der Waals surface area contributed by atoms with Crippen molar-refractivity contribution in [2.45, 2.75) is 6.61 Å². The summed E-state index contributed by atoms with van der Waals surface area (Å²) in [4.78, 5) is 34.0. The van der Waals surface area contributed by atoms with Gasteiger partial charge in [-0.1, -0.05) is 11.6 Å². The van der Waals surface area contributed by atoms with Gasteiger partial charge in [0.25, 0.3) is 11.6 Å². The summed E-state index contributed by atoms with van der Waals surface area (Å²) < 4.78 is 20.9. The lowest BCUT2D eigenvalue weighted by molar-refractivity contribution is -0.384. The lowest BCUT2D eigenvalue weighted by Crippen LogP contribution is -2.17. The van der Waals surface area contributed by atoms with E-state index in [4.69, 9.17) is 25.5 Å². The zero-order valence-electron chi connectivity index (χ0n) is 17.9. The molecule has 0 aliphatic heterocycles. The highest BCUT2D eigenvalue weighted by atomic mass is 35.5. The van der Waals surface area contributed by atoms with Crippen LogP contribution in [-0.2, 0) is 11.3 Å². The Bertz CT molecular complexity index is 1250. The maximum Gasteiger partial charge on any atom is 0.373 e. The van der Waals surface area contributed by atoms with Gasteiger partial charge >= 0.3 is 5.97 Å². The number of hydrogen-bond donors (Lipinski definition) is 1. The maximum atomic E-state index is 12.2. The summed E-state index contributed by atoms with van der Waals surface area (Å²) in [7, 11) is 2.71. The molecule has 0 bridgehead atoms. The predicted octanol–water partition coefficient (Wildman–Crippen LogP) is 3.98. The third-order valence-electron chi connectivity index (χ3n) is 4.39. The van der Waals surface area contributed by atoms with Crippen molar-refractivity contribution >= 4 is 35.4 Å². The molecule has 11 nitrogen and oxygen atoms in total. The summed E-state index contributed by atoms with van der Waals surface area (Å²) in [6.07, 6.45) is 1.36. The number of nitro groups is 1. The lowest BCUT2D eigenvalue weighted by atomic mass is 10.2.